The van der Waals surface area contributed by atoms with Crippen LogP contribution in [-0.4, -0.2) is 35.8 Å². The van der Waals surface area contributed by atoms with Gasteiger partial charge in [-0.3, -0.25) is 19.9 Å². The number of rotatable bonds is 7. The zero-order valence-electron chi connectivity index (χ0n) is 13.0. The monoisotopic (exact) mass is 296 g/mol. The first kappa shape index (κ1) is 17.2. The SMILES string of the molecule is CCN(CC(=O)NC(C)C)Cc1cc(C(=O)NN)oc1C. The number of carbonyl (C=O) groups is 2. The van der Waals surface area contributed by atoms with Crippen molar-refractivity contribution < 1.29 is 14.0 Å². The first-order valence-corrected chi connectivity index (χ1v) is 6.99. The van der Waals surface area contributed by atoms with Crippen LogP contribution < -0.4 is 16.6 Å². The number of amides is 2. The lowest BCUT2D eigenvalue weighted by molar-refractivity contribution is -0.122. The van der Waals surface area contributed by atoms with E-state index in [0.717, 1.165) is 5.56 Å². The van der Waals surface area contributed by atoms with Gasteiger partial charge in [0.05, 0.1) is 6.54 Å². The van der Waals surface area contributed by atoms with E-state index < -0.39 is 5.91 Å². The van der Waals surface area contributed by atoms with Crippen molar-refractivity contribution in [1.82, 2.24) is 15.6 Å². The molecule has 0 fully saturated rings. The lowest BCUT2D eigenvalue weighted by Gasteiger charge is -2.20. The first-order valence-electron chi connectivity index (χ1n) is 6.99. The molecule has 0 saturated heterocycles. The third-order valence-electron chi connectivity index (χ3n) is 3.03. The van der Waals surface area contributed by atoms with Crippen LogP contribution in [0.1, 0.15) is 42.6 Å². The van der Waals surface area contributed by atoms with Gasteiger partial charge in [0.1, 0.15) is 5.76 Å². The number of nitrogen functional groups attached to an aromatic ring is 1. The zero-order chi connectivity index (χ0) is 16.0. The van der Waals surface area contributed by atoms with Gasteiger partial charge in [-0.25, -0.2) is 5.84 Å². The Morgan fingerprint density at radius 1 is 1.43 bits per heavy atom. The molecule has 0 aliphatic heterocycles. The number of likely N-dealkylation sites (N-methyl/N-ethyl adjacent to an activating group) is 1. The van der Waals surface area contributed by atoms with Crippen LogP contribution in [0.3, 0.4) is 0 Å². The maximum Gasteiger partial charge on any atom is 0.300 e. The largest absolute Gasteiger partial charge is 0.456 e. The summed E-state index contributed by atoms with van der Waals surface area (Å²) in [5.74, 6) is 5.42. The van der Waals surface area contributed by atoms with Crippen LogP contribution in [0.5, 0.6) is 0 Å². The Kier molecular flexibility index (Phi) is 6.39. The molecule has 0 radical (unpaired) electrons. The van der Waals surface area contributed by atoms with E-state index in [1.165, 1.54) is 0 Å². The number of hydrogen-bond acceptors (Lipinski definition) is 5. The number of nitrogens with zero attached hydrogens (tertiary/aromatic N) is 1. The van der Waals surface area contributed by atoms with Gasteiger partial charge >= 0.3 is 5.91 Å². The summed E-state index contributed by atoms with van der Waals surface area (Å²) in [7, 11) is 0. The van der Waals surface area contributed by atoms with Crippen LogP contribution in [0.4, 0.5) is 0 Å². The van der Waals surface area contributed by atoms with Gasteiger partial charge in [0.25, 0.3) is 0 Å². The van der Waals surface area contributed by atoms with Gasteiger partial charge in [0.15, 0.2) is 5.76 Å². The van der Waals surface area contributed by atoms with Crippen molar-refractivity contribution in [1.29, 1.82) is 0 Å². The second kappa shape index (κ2) is 7.80. The van der Waals surface area contributed by atoms with Crippen molar-refractivity contribution >= 4 is 11.8 Å². The Labute approximate surface area is 124 Å². The maximum atomic E-state index is 11.8. The number of carbonyl (C=O) groups excluding carboxylic acids is 2. The van der Waals surface area contributed by atoms with Gasteiger partial charge in [-0.2, -0.15) is 0 Å². The molecule has 0 atom stereocenters. The minimum absolute atomic E-state index is 0.0204. The molecule has 7 heteroatoms. The average molecular weight is 296 g/mol. The predicted molar refractivity (Wildman–Crippen MR) is 79.3 cm³/mol. The molecule has 1 aromatic rings. The third-order valence-corrected chi connectivity index (χ3v) is 3.03. The molecule has 0 aliphatic carbocycles. The molecule has 0 spiro atoms. The summed E-state index contributed by atoms with van der Waals surface area (Å²) in [6.45, 7) is 9.16. The molecule has 7 nitrogen and oxygen atoms in total. The fraction of sp³-hybridized carbons (Fsp3) is 0.571. The molecule has 1 rings (SSSR count). The molecular formula is C14H24N4O3. The van der Waals surface area contributed by atoms with Crippen molar-refractivity contribution in [3.8, 4) is 0 Å². The molecular weight excluding hydrogens is 272 g/mol. The van der Waals surface area contributed by atoms with Crippen molar-refractivity contribution in [3.05, 3.63) is 23.2 Å². The summed E-state index contributed by atoms with van der Waals surface area (Å²) in [6, 6.07) is 1.77. The number of aryl methyl sites for hydroxylation is 1. The fourth-order valence-electron chi connectivity index (χ4n) is 1.95. The second-order valence-electron chi connectivity index (χ2n) is 5.19. The van der Waals surface area contributed by atoms with Crippen molar-refractivity contribution in [3.63, 3.8) is 0 Å². The number of hydrogen-bond donors (Lipinski definition) is 3. The molecule has 0 aliphatic rings. The quantitative estimate of drug-likeness (QED) is 0.387. The Morgan fingerprint density at radius 3 is 2.62 bits per heavy atom. The van der Waals surface area contributed by atoms with E-state index in [9.17, 15) is 9.59 Å². The zero-order valence-corrected chi connectivity index (χ0v) is 13.0. The van der Waals surface area contributed by atoms with Crippen molar-refractivity contribution in [2.24, 2.45) is 5.84 Å². The summed E-state index contributed by atoms with van der Waals surface area (Å²) < 4.78 is 5.36. The molecule has 0 saturated carbocycles. The second-order valence-corrected chi connectivity index (χ2v) is 5.19. The molecule has 0 unspecified atom stereocenters. The summed E-state index contributed by atoms with van der Waals surface area (Å²) >= 11 is 0. The van der Waals surface area contributed by atoms with Crippen LogP contribution in [0.25, 0.3) is 0 Å². The Bertz CT molecular complexity index is 496. The van der Waals surface area contributed by atoms with Crippen LogP contribution in [0.2, 0.25) is 0 Å². The summed E-state index contributed by atoms with van der Waals surface area (Å²) in [4.78, 5) is 25.2. The molecule has 0 bridgehead atoms. The lowest BCUT2D eigenvalue weighted by atomic mass is 10.2. The van der Waals surface area contributed by atoms with Gasteiger partial charge in [-0.1, -0.05) is 6.92 Å². The smallest absolute Gasteiger partial charge is 0.300 e. The Morgan fingerprint density at radius 2 is 2.10 bits per heavy atom. The molecule has 118 valence electrons. The van der Waals surface area contributed by atoms with E-state index >= 15 is 0 Å². The van der Waals surface area contributed by atoms with Gasteiger partial charge in [-0.15, -0.1) is 0 Å². The topological polar surface area (TPSA) is 101 Å². The molecule has 21 heavy (non-hydrogen) atoms. The lowest BCUT2D eigenvalue weighted by Crippen LogP contribution is -2.39. The van der Waals surface area contributed by atoms with Crippen LogP contribution >= 0.6 is 0 Å². The van der Waals surface area contributed by atoms with Crippen LogP contribution in [0.15, 0.2) is 10.5 Å². The Hall–Kier alpha value is -1.86. The van der Waals surface area contributed by atoms with E-state index in [4.69, 9.17) is 10.3 Å². The molecule has 4 N–H and O–H groups in total. The van der Waals surface area contributed by atoms with E-state index in [0.29, 0.717) is 25.4 Å². The fourth-order valence-corrected chi connectivity index (χ4v) is 1.95. The standard InChI is InChI=1S/C14H24N4O3/c1-5-18(8-13(19)16-9(2)3)7-11-6-12(14(20)17-15)21-10(11)4/h6,9H,5,7-8,15H2,1-4H3,(H,16,19)(H,17,20). The number of nitrogens with one attached hydrogen (secondary N) is 2. The molecule has 2 amide bonds. The average Bonchev–Trinajstić information content (AvgIpc) is 2.77. The Balaban J connectivity index is 2.71. The number of furan rings is 1. The van der Waals surface area contributed by atoms with Crippen molar-refractivity contribution in [2.45, 2.75) is 40.3 Å². The predicted octanol–water partition coefficient (Wildman–Crippen LogP) is 0.538. The summed E-state index contributed by atoms with van der Waals surface area (Å²) in [5.41, 5.74) is 2.90. The van der Waals surface area contributed by atoms with E-state index in [2.05, 4.69) is 5.32 Å². The minimum atomic E-state index is -0.468. The minimum Gasteiger partial charge on any atom is -0.456 e. The normalized spacial score (nSPS) is 11.0. The highest BCUT2D eigenvalue weighted by atomic mass is 16.4. The first-order chi connectivity index (χ1) is 9.87. The summed E-state index contributed by atoms with van der Waals surface area (Å²) in [6.07, 6.45) is 0. The molecule has 1 aromatic heterocycles. The maximum absolute atomic E-state index is 11.8. The van der Waals surface area contributed by atoms with E-state index in [1.54, 1.807) is 13.0 Å². The summed E-state index contributed by atoms with van der Waals surface area (Å²) in [5, 5.41) is 2.86. The van der Waals surface area contributed by atoms with Gasteiger partial charge in [0.2, 0.25) is 5.91 Å². The third kappa shape index (κ3) is 5.20. The van der Waals surface area contributed by atoms with E-state index in [-0.39, 0.29) is 17.7 Å². The number of hydrazine groups is 1. The highest BCUT2D eigenvalue weighted by Gasteiger charge is 2.17. The number of nitrogens with two attached hydrogens (primary N) is 1. The molecule has 1 heterocycles. The van der Waals surface area contributed by atoms with Crippen LogP contribution in [-0.2, 0) is 11.3 Å². The van der Waals surface area contributed by atoms with Crippen molar-refractivity contribution in [2.75, 3.05) is 13.1 Å². The van der Waals surface area contributed by atoms with Crippen LogP contribution in [0, 0.1) is 6.92 Å². The van der Waals surface area contributed by atoms with Gasteiger partial charge in [0, 0.05) is 18.2 Å². The van der Waals surface area contributed by atoms with Gasteiger partial charge < -0.3 is 9.73 Å². The van der Waals surface area contributed by atoms with E-state index in [1.807, 2.05) is 31.1 Å². The van der Waals surface area contributed by atoms with Gasteiger partial charge in [-0.05, 0) is 33.4 Å². The molecule has 0 aromatic carbocycles. The highest BCUT2D eigenvalue weighted by molar-refractivity contribution is 5.91. The highest BCUT2D eigenvalue weighted by Crippen LogP contribution is 2.16.